The Kier molecular flexibility index (Phi) is 6.81. The number of aliphatic imine (C=N–C) groups is 1. The summed E-state index contributed by atoms with van der Waals surface area (Å²) in [4.78, 5) is 24.3. The quantitative estimate of drug-likeness (QED) is 0.625. The smallest absolute Gasteiger partial charge is 0.230 e. The number of carbonyl (C=O) groups is 1. The van der Waals surface area contributed by atoms with E-state index in [1.807, 2.05) is 14.1 Å². The Bertz CT molecular complexity index is 659. The molecule has 1 aromatic rings. The van der Waals surface area contributed by atoms with Gasteiger partial charge < -0.3 is 20.0 Å². The van der Waals surface area contributed by atoms with Gasteiger partial charge in [-0.05, 0) is 31.9 Å². The topological polar surface area (TPSA) is 51.2 Å². The van der Waals surface area contributed by atoms with Crippen LogP contribution in [0.5, 0.6) is 0 Å². The molecule has 0 atom stereocenters. The fraction of sp³-hybridized carbons (Fsp3) is 0.636. The van der Waals surface area contributed by atoms with Gasteiger partial charge in [-0.2, -0.15) is 0 Å². The van der Waals surface area contributed by atoms with Crippen molar-refractivity contribution in [2.75, 3.05) is 58.3 Å². The maximum atomic E-state index is 12.8. The number of hydrogen-bond donors (Lipinski definition) is 1. The molecule has 1 saturated carbocycles. The van der Waals surface area contributed by atoms with Crippen LogP contribution < -0.4 is 10.2 Å². The van der Waals surface area contributed by atoms with Gasteiger partial charge >= 0.3 is 0 Å². The number of piperazine rings is 1. The summed E-state index contributed by atoms with van der Waals surface area (Å²) in [6, 6.07) is 10.6. The zero-order valence-electron chi connectivity index (χ0n) is 17.7. The first-order valence-electron chi connectivity index (χ1n) is 10.6. The second kappa shape index (κ2) is 9.30. The normalized spacial score (nSPS) is 19.6. The number of para-hydroxylation sites is 1. The van der Waals surface area contributed by atoms with E-state index in [9.17, 15) is 4.79 Å². The highest BCUT2D eigenvalue weighted by molar-refractivity contribution is 5.84. The second-order valence-electron chi connectivity index (χ2n) is 8.17. The summed E-state index contributed by atoms with van der Waals surface area (Å²) in [5.74, 6) is 1.19. The minimum Gasteiger partial charge on any atom is -0.368 e. The van der Waals surface area contributed by atoms with E-state index in [1.165, 1.54) is 5.69 Å². The van der Waals surface area contributed by atoms with Crippen LogP contribution in [-0.2, 0) is 4.79 Å². The van der Waals surface area contributed by atoms with Crippen molar-refractivity contribution in [1.82, 2.24) is 15.1 Å². The molecule has 0 unspecified atom stereocenters. The van der Waals surface area contributed by atoms with E-state index in [-0.39, 0.29) is 11.3 Å². The number of hydrogen-bond acceptors (Lipinski definition) is 3. The summed E-state index contributed by atoms with van der Waals surface area (Å²) in [6.07, 6.45) is 4.16. The monoisotopic (exact) mass is 385 g/mol. The van der Waals surface area contributed by atoms with Crippen molar-refractivity contribution in [2.45, 2.75) is 32.6 Å². The Morgan fingerprint density at radius 3 is 2.32 bits per heavy atom. The first kappa shape index (κ1) is 20.5. The molecule has 1 amide bonds. The summed E-state index contributed by atoms with van der Waals surface area (Å²) < 4.78 is 0. The molecule has 1 aliphatic heterocycles. The first-order chi connectivity index (χ1) is 13.6. The van der Waals surface area contributed by atoms with Crippen molar-refractivity contribution in [1.29, 1.82) is 0 Å². The van der Waals surface area contributed by atoms with Crippen molar-refractivity contribution in [3.05, 3.63) is 30.3 Å². The summed E-state index contributed by atoms with van der Waals surface area (Å²) in [5, 5.41) is 3.45. The average Bonchev–Trinajstić information content (AvgIpc) is 3.21. The number of nitrogens with zero attached hydrogens (tertiary/aromatic N) is 4. The first-order valence-corrected chi connectivity index (χ1v) is 10.6. The van der Waals surface area contributed by atoms with Crippen LogP contribution in [0.15, 0.2) is 35.3 Å². The predicted molar refractivity (Wildman–Crippen MR) is 116 cm³/mol. The number of anilines is 1. The number of benzene rings is 1. The van der Waals surface area contributed by atoms with Gasteiger partial charge in [0.05, 0.1) is 12.0 Å². The van der Waals surface area contributed by atoms with Gasteiger partial charge in [0.1, 0.15) is 0 Å². The van der Waals surface area contributed by atoms with Crippen molar-refractivity contribution < 1.29 is 4.79 Å². The lowest BCUT2D eigenvalue weighted by atomic mass is 9.85. The third kappa shape index (κ3) is 4.59. The zero-order chi connectivity index (χ0) is 20.0. The maximum absolute atomic E-state index is 12.8. The van der Waals surface area contributed by atoms with Crippen molar-refractivity contribution in [3.8, 4) is 0 Å². The van der Waals surface area contributed by atoms with Crippen LogP contribution in [-0.4, -0.2) is 75.0 Å². The molecule has 0 spiro atoms. The Morgan fingerprint density at radius 2 is 1.75 bits per heavy atom. The summed E-state index contributed by atoms with van der Waals surface area (Å²) in [7, 11) is 3.72. The summed E-state index contributed by atoms with van der Waals surface area (Å²) >= 11 is 0. The molecule has 1 N–H and O–H groups in total. The van der Waals surface area contributed by atoms with Gasteiger partial charge in [-0.1, -0.05) is 31.0 Å². The van der Waals surface area contributed by atoms with E-state index in [0.29, 0.717) is 6.54 Å². The number of nitrogens with one attached hydrogen (secondary N) is 1. The second-order valence-corrected chi connectivity index (χ2v) is 8.17. The number of carbonyl (C=O) groups excluding carboxylic acids is 1. The average molecular weight is 386 g/mol. The molecule has 3 rings (SSSR count). The molecule has 1 aliphatic carbocycles. The van der Waals surface area contributed by atoms with Crippen LogP contribution in [0.4, 0.5) is 5.69 Å². The van der Waals surface area contributed by atoms with Gasteiger partial charge in [0.25, 0.3) is 0 Å². The standard InChI is InChI=1S/C22H35N5O/c1-4-23-21(24-18-22(12-8-9-13-22)20(28)25(2)3)27-16-14-26(15-17-27)19-10-6-5-7-11-19/h5-7,10-11H,4,8-9,12-18H2,1-3H3,(H,23,24). The van der Waals surface area contributed by atoms with E-state index in [4.69, 9.17) is 4.99 Å². The van der Waals surface area contributed by atoms with Crippen LogP contribution in [0.3, 0.4) is 0 Å². The number of guanidine groups is 1. The Morgan fingerprint density at radius 1 is 1.11 bits per heavy atom. The summed E-state index contributed by atoms with van der Waals surface area (Å²) in [5.41, 5.74) is 0.973. The van der Waals surface area contributed by atoms with Gasteiger partial charge in [0.2, 0.25) is 5.91 Å². The van der Waals surface area contributed by atoms with Crippen molar-refractivity contribution in [3.63, 3.8) is 0 Å². The van der Waals surface area contributed by atoms with Gasteiger partial charge in [-0.3, -0.25) is 9.79 Å². The van der Waals surface area contributed by atoms with Gasteiger partial charge in [0.15, 0.2) is 5.96 Å². The van der Waals surface area contributed by atoms with Crippen molar-refractivity contribution >= 4 is 17.6 Å². The van der Waals surface area contributed by atoms with Crippen LogP contribution in [0.25, 0.3) is 0 Å². The molecule has 1 aromatic carbocycles. The predicted octanol–water partition coefficient (Wildman–Crippen LogP) is 2.42. The molecule has 6 heteroatoms. The Hall–Kier alpha value is -2.24. The number of rotatable bonds is 5. The fourth-order valence-corrected chi connectivity index (χ4v) is 4.43. The van der Waals surface area contributed by atoms with Gasteiger partial charge in [0, 0.05) is 52.5 Å². The fourth-order valence-electron chi connectivity index (χ4n) is 4.43. The maximum Gasteiger partial charge on any atom is 0.230 e. The van der Waals surface area contributed by atoms with Crippen LogP contribution in [0.1, 0.15) is 32.6 Å². The van der Waals surface area contributed by atoms with Crippen LogP contribution in [0, 0.1) is 5.41 Å². The Labute approximate surface area is 169 Å². The highest BCUT2D eigenvalue weighted by Crippen LogP contribution is 2.39. The van der Waals surface area contributed by atoms with E-state index < -0.39 is 0 Å². The van der Waals surface area contributed by atoms with E-state index in [0.717, 1.165) is 64.4 Å². The molecule has 2 fully saturated rings. The third-order valence-corrected chi connectivity index (χ3v) is 5.99. The van der Waals surface area contributed by atoms with Crippen LogP contribution in [0.2, 0.25) is 0 Å². The molecule has 0 radical (unpaired) electrons. The SMILES string of the molecule is CCNC(=NCC1(C(=O)N(C)C)CCCC1)N1CCN(c2ccccc2)CC1. The largest absolute Gasteiger partial charge is 0.368 e. The minimum atomic E-state index is -0.309. The molecule has 28 heavy (non-hydrogen) atoms. The molecule has 154 valence electrons. The van der Waals surface area contributed by atoms with E-state index in [1.54, 1.807) is 4.90 Å². The third-order valence-electron chi connectivity index (χ3n) is 5.99. The van der Waals surface area contributed by atoms with Gasteiger partial charge in [-0.25, -0.2) is 0 Å². The highest BCUT2D eigenvalue weighted by atomic mass is 16.2. The van der Waals surface area contributed by atoms with E-state index >= 15 is 0 Å². The zero-order valence-corrected chi connectivity index (χ0v) is 17.7. The molecule has 2 aliphatic rings. The molecule has 1 heterocycles. The van der Waals surface area contributed by atoms with Crippen molar-refractivity contribution in [2.24, 2.45) is 10.4 Å². The minimum absolute atomic E-state index is 0.235. The lowest BCUT2D eigenvalue weighted by Crippen LogP contribution is -2.53. The summed E-state index contributed by atoms with van der Waals surface area (Å²) in [6.45, 7) is 7.38. The molecular weight excluding hydrogens is 350 g/mol. The molecular formula is C22H35N5O. The molecule has 6 nitrogen and oxygen atoms in total. The molecule has 1 saturated heterocycles. The lowest BCUT2D eigenvalue weighted by Gasteiger charge is -2.38. The van der Waals surface area contributed by atoms with Crippen LogP contribution >= 0.6 is 0 Å². The molecule has 0 aromatic heterocycles. The van der Waals surface area contributed by atoms with E-state index in [2.05, 4.69) is 52.4 Å². The number of amides is 1. The lowest BCUT2D eigenvalue weighted by molar-refractivity contribution is -0.138. The highest BCUT2D eigenvalue weighted by Gasteiger charge is 2.42. The Balaban J connectivity index is 1.67. The molecule has 0 bridgehead atoms. The van der Waals surface area contributed by atoms with Gasteiger partial charge in [-0.15, -0.1) is 0 Å².